The van der Waals surface area contributed by atoms with Gasteiger partial charge in [-0.15, -0.1) is 0 Å². The van der Waals surface area contributed by atoms with Crippen LogP contribution in [0.3, 0.4) is 0 Å². The molecule has 0 fully saturated rings. The molecule has 0 aliphatic rings. The summed E-state index contributed by atoms with van der Waals surface area (Å²) in [4.78, 5) is 11.2. The average Bonchev–Trinajstić information content (AvgIpc) is 2.08. The molecular weight excluding hydrogens is 286 g/mol. The maximum absolute atomic E-state index is 11.2. The molecule has 64 valence electrons. The second kappa shape index (κ2) is 4.05. The molecule has 0 unspecified atom stereocenters. The Morgan fingerprint density at radius 3 is 2.75 bits per heavy atom. The molecule has 0 aromatic heterocycles. The quantitative estimate of drug-likeness (QED) is 0.517. The van der Waals surface area contributed by atoms with Crippen LogP contribution in [0.4, 0.5) is 5.69 Å². The smallest absolute Gasteiger partial charge is 0.175 e. The zero-order valence-corrected chi connectivity index (χ0v) is 9.35. The summed E-state index contributed by atoms with van der Waals surface area (Å²) >= 11 is 6.36. The fraction of sp³-hybridized carbons (Fsp3) is 0.125. The second-order valence-electron chi connectivity index (χ2n) is 2.29. The summed E-state index contributed by atoms with van der Waals surface area (Å²) in [6.07, 6.45) is 0. The Kier molecular flexibility index (Phi) is 3.29. The van der Waals surface area contributed by atoms with Gasteiger partial charge in [-0.3, -0.25) is 4.79 Å². The third kappa shape index (κ3) is 2.08. The van der Waals surface area contributed by atoms with Crippen LogP contribution in [0.15, 0.2) is 22.7 Å². The number of alkyl halides is 1. The Balaban J connectivity index is 3.13. The molecule has 0 saturated carbocycles. The molecule has 1 aromatic carbocycles. The summed E-state index contributed by atoms with van der Waals surface area (Å²) in [5.74, 6) is -0.00574. The molecule has 1 aromatic rings. The zero-order chi connectivity index (χ0) is 9.14. The molecule has 0 heterocycles. The normalized spacial score (nSPS) is 9.83. The molecule has 12 heavy (non-hydrogen) atoms. The lowest BCUT2D eigenvalue weighted by molar-refractivity contribution is 0.102. The monoisotopic (exact) mass is 291 g/mol. The van der Waals surface area contributed by atoms with Crippen molar-refractivity contribution in [2.75, 3.05) is 11.1 Å². The number of rotatable bonds is 2. The number of carbonyl (C=O) groups excluding carboxylic acids is 1. The average molecular weight is 293 g/mol. The van der Waals surface area contributed by atoms with E-state index < -0.39 is 0 Å². The van der Waals surface area contributed by atoms with Crippen LogP contribution in [0.2, 0.25) is 0 Å². The standard InChI is InChI=1S/C8H7Br2NO/c9-4-8(12)6-3-5(10)1-2-7(6)11/h1-3H,4,11H2. The summed E-state index contributed by atoms with van der Waals surface area (Å²) in [7, 11) is 0. The number of Topliss-reactive ketones (excluding diaryl/α,β-unsaturated/α-hetero) is 1. The number of nitrogens with two attached hydrogens (primary N) is 1. The van der Waals surface area contributed by atoms with Gasteiger partial charge in [0.1, 0.15) is 0 Å². The van der Waals surface area contributed by atoms with Gasteiger partial charge in [0.15, 0.2) is 5.78 Å². The fourth-order valence-electron chi connectivity index (χ4n) is 0.842. The van der Waals surface area contributed by atoms with Crippen molar-refractivity contribution >= 4 is 43.3 Å². The molecular formula is C8H7Br2NO. The van der Waals surface area contributed by atoms with Gasteiger partial charge in [0, 0.05) is 15.7 Å². The number of carbonyl (C=O) groups is 1. The van der Waals surface area contributed by atoms with Gasteiger partial charge in [0.25, 0.3) is 0 Å². The minimum Gasteiger partial charge on any atom is -0.398 e. The number of anilines is 1. The lowest BCUT2D eigenvalue weighted by atomic mass is 10.1. The van der Waals surface area contributed by atoms with Crippen molar-refractivity contribution in [1.29, 1.82) is 0 Å². The summed E-state index contributed by atoms with van der Waals surface area (Å²) in [5.41, 5.74) is 6.68. The van der Waals surface area contributed by atoms with E-state index in [2.05, 4.69) is 31.9 Å². The second-order valence-corrected chi connectivity index (χ2v) is 3.76. The number of hydrogen-bond acceptors (Lipinski definition) is 2. The molecule has 0 radical (unpaired) electrons. The molecule has 2 nitrogen and oxygen atoms in total. The van der Waals surface area contributed by atoms with Crippen LogP contribution in [-0.2, 0) is 0 Å². The number of ketones is 1. The third-order valence-electron chi connectivity index (χ3n) is 1.44. The van der Waals surface area contributed by atoms with E-state index >= 15 is 0 Å². The van der Waals surface area contributed by atoms with Crippen LogP contribution in [0, 0.1) is 0 Å². The van der Waals surface area contributed by atoms with Gasteiger partial charge in [-0.05, 0) is 18.2 Å². The highest BCUT2D eigenvalue weighted by Gasteiger charge is 2.07. The van der Waals surface area contributed by atoms with Gasteiger partial charge in [-0.25, -0.2) is 0 Å². The molecule has 0 aliphatic heterocycles. The van der Waals surface area contributed by atoms with Gasteiger partial charge in [-0.1, -0.05) is 31.9 Å². The van der Waals surface area contributed by atoms with Crippen LogP contribution >= 0.6 is 31.9 Å². The zero-order valence-electron chi connectivity index (χ0n) is 6.18. The summed E-state index contributed by atoms with van der Waals surface area (Å²) in [5, 5.41) is 0.299. The van der Waals surface area contributed by atoms with E-state index in [1.807, 2.05) is 0 Å². The lowest BCUT2D eigenvalue weighted by Crippen LogP contribution is -2.04. The van der Waals surface area contributed by atoms with Gasteiger partial charge in [-0.2, -0.15) is 0 Å². The largest absolute Gasteiger partial charge is 0.398 e. The van der Waals surface area contributed by atoms with Gasteiger partial charge in [0.05, 0.1) is 5.33 Å². The Hall–Kier alpha value is -0.350. The first-order valence-electron chi connectivity index (χ1n) is 3.29. The van der Waals surface area contributed by atoms with Gasteiger partial charge < -0.3 is 5.73 Å². The Morgan fingerprint density at radius 2 is 2.17 bits per heavy atom. The van der Waals surface area contributed by atoms with Crippen molar-refractivity contribution in [2.24, 2.45) is 0 Å². The number of benzene rings is 1. The molecule has 0 aliphatic carbocycles. The first kappa shape index (κ1) is 9.74. The van der Waals surface area contributed by atoms with Crippen molar-refractivity contribution in [3.05, 3.63) is 28.2 Å². The molecule has 4 heteroatoms. The topological polar surface area (TPSA) is 43.1 Å². The highest BCUT2D eigenvalue weighted by atomic mass is 79.9. The maximum atomic E-state index is 11.2. The number of hydrogen-bond donors (Lipinski definition) is 1. The fourth-order valence-corrected chi connectivity index (χ4v) is 1.51. The summed E-state index contributed by atoms with van der Waals surface area (Å²) < 4.78 is 0.862. The van der Waals surface area contributed by atoms with Crippen molar-refractivity contribution in [3.63, 3.8) is 0 Å². The Morgan fingerprint density at radius 1 is 1.50 bits per heavy atom. The van der Waals surface area contributed by atoms with E-state index in [1.54, 1.807) is 18.2 Å². The number of nitrogen functional groups attached to an aromatic ring is 1. The van der Waals surface area contributed by atoms with E-state index in [-0.39, 0.29) is 5.78 Å². The molecule has 2 N–H and O–H groups in total. The highest BCUT2D eigenvalue weighted by molar-refractivity contribution is 9.10. The van der Waals surface area contributed by atoms with E-state index in [9.17, 15) is 4.79 Å². The summed E-state index contributed by atoms with van der Waals surface area (Å²) in [6.45, 7) is 0. The molecule has 0 amide bonds. The SMILES string of the molecule is Nc1ccc(Br)cc1C(=O)CBr. The van der Waals surface area contributed by atoms with Crippen LogP contribution in [0.5, 0.6) is 0 Å². The van der Waals surface area contributed by atoms with Crippen molar-refractivity contribution in [3.8, 4) is 0 Å². The molecule has 0 atom stereocenters. The minimum atomic E-state index is -0.00574. The van der Waals surface area contributed by atoms with Crippen molar-refractivity contribution in [1.82, 2.24) is 0 Å². The first-order valence-corrected chi connectivity index (χ1v) is 5.21. The maximum Gasteiger partial charge on any atom is 0.175 e. The Bertz CT molecular complexity index is 312. The minimum absolute atomic E-state index is 0.00574. The molecule has 1 rings (SSSR count). The van der Waals surface area contributed by atoms with Crippen LogP contribution in [-0.4, -0.2) is 11.1 Å². The van der Waals surface area contributed by atoms with Crippen molar-refractivity contribution < 1.29 is 4.79 Å². The van der Waals surface area contributed by atoms with E-state index in [4.69, 9.17) is 5.73 Å². The lowest BCUT2D eigenvalue weighted by Gasteiger charge is -2.02. The van der Waals surface area contributed by atoms with E-state index in [1.165, 1.54) is 0 Å². The number of halogens is 2. The third-order valence-corrected chi connectivity index (χ3v) is 2.44. The molecule has 0 spiro atoms. The van der Waals surface area contributed by atoms with Crippen LogP contribution < -0.4 is 5.73 Å². The van der Waals surface area contributed by atoms with E-state index in [0.29, 0.717) is 16.6 Å². The Labute approximate surface area is 87.4 Å². The van der Waals surface area contributed by atoms with Crippen LogP contribution in [0.25, 0.3) is 0 Å². The predicted octanol–water partition coefficient (Wildman–Crippen LogP) is 2.61. The van der Waals surface area contributed by atoms with Crippen LogP contribution in [0.1, 0.15) is 10.4 Å². The van der Waals surface area contributed by atoms with Crippen molar-refractivity contribution in [2.45, 2.75) is 0 Å². The summed E-state index contributed by atoms with van der Waals surface area (Å²) in [6, 6.07) is 5.24. The molecule has 0 bridgehead atoms. The van der Waals surface area contributed by atoms with Gasteiger partial charge >= 0.3 is 0 Å². The van der Waals surface area contributed by atoms with E-state index in [0.717, 1.165) is 4.47 Å². The highest BCUT2D eigenvalue weighted by Crippen LogP contribution is 2.19. The molecule has 0 saturated heterocycles. The van der Waals surface area contributed by atoms with Gasteiger partial charge in [0.2, 0.25) is 0 Å². The predicted molar refractivity (Wildman–Crippen MR) is 56.7 cm³/mol. The first-order chi connectivity index (χ1) is 5.65.